The van der Waals surface area contributed by atoms with Crippen LogP contribution in [0.2, 0.25) is 0 Å². The summed E-state index contributed by atoms with van der Waals surface area (Å²) in [5, 5.41) is 9.52. The topological polar surface area (TPSA) is 47.9 Å². The highest BCUT2D eigenvalue weighted by Gasteiger charge is 2.18. The number of hydrogen-bond acceptors (Lipinski definition) is 4. The molecule has 0 radical (unpaired) electrons. The Bertz CT molecular complexity index is 553. The van der Waals surface area contributed by atoms with Gasteiger partial charge in [0.1, 0.15) is 11.9 Å². The van der Waals surface area contributed by atoms with E-state index in [1.807, 2.05) is 61.5 Å². The first kappa shape index (κ1) is 17.5. The van der Waals surface area contributed by atoms with E-state index in [0.717, 1.165) is 16.9 Å². The lowest BCUT2D eigenvalue weighted by Crippen LogP contribution is -2.32. The summed E-state index contributed by atoms with van der Waals surface area (Å²) in [5.41, 5.74) is 2.13. The molecule has 0 saturated heterocycles. The third-order valence-corrected chi connectivity index (χ3v) is 3.68. The molecule has 0 heterocycles. The zero-order chi connectivity index (χ0) is 16.5. The van der Waals surface area contributed by atoms with Crippen LogP contribution in [0.15, 0.2) is 54.6 Å². The van der Waals surface area contributed by atoms with Crippen molar-refractivity contribution in [3.63, 3.8) is 0 Å². The van der Waals surface area contributed by atoms with Crippen LogP contribution in [0.3, 0.4) is 0 Å². The number of aliphatic hydroxyl groups is 1. The summed E-state index contributed by atoms with van der Waals surface area (Å²) in [6, 6.07) is 17.6. The fourth-order valence-corrected chi connectivity index (χ4v) is 2.17. The summed E-state index contributed by atoms with van der Waals surface area (Å²) < 4.78 is 16.7. The molecule has 2 atom stereocenters. The zero-order valence-corrected chi connectivity index (χ0v) is 13.6. The van der Waals surface area contributed by atoms with Gasteiger partial charge in [0.2, 0.25) is 0 Å². The van der Waals surface area contributed by atoms with Gasteiger partial charge in [0.25, 0.3) is 0 Å². The van der Waals surface area contributed by atoms with E-state index in [1.54, 1.807) is 7.11 Å². The predicted molar refractivity (Wildman–Crippen MR) is 89.3 cm³/mol. The fraction of sp³-hybridized carbons (Fsp3) is 0.368. The second-order valence-electron chi connectivity index (χ2n) is 5.38. The minimum absolute atomic E-state index is 0.0728. The van der Waals surface area contributed by atoms with Crippen LogP contribution in [0.25, 0.3) is 0 Å². The predicted octanol–water partition coefficient (Wildman–Crippen LogP) is 3.18. The molecule has 4 nitrogen and oxygen atoms in total. The van der Waals surface area contributed by atoms with Gasteiger partial charge in [-0.3, -0.25) is 0 Å². The SMILES string of the molecule is COc1ccc(CO[C@@H](C)[C@@H](CO)OCc2ccccc2)cc1. The summed E-state index contributed by atoms with van der Waals surface area (Å²) in [5.74, 6) is 0.821. The van der Waals surface area contributed by atoms with Crippen molar-refractivity contribution in [1.29, 1.82) is 0 Å². The van der Waals surface area contributed by atoms with Crippen LogP contribution in [-0.2, 0) is 22.7 Å². The van der Waals surface area contributed by atoms with E-state index < -0.39 is 0 Å². The van der Waals surface area contributed by atoms with E-state index in [1.165, 1.54) is 0 Å². The Morgan fingerprint density at radius 3 is 2.09 bits per heavy atom. The number of hydrogen-bond donors (Lipinski definition) is 1. The van der Waals surface area contributed by atoms with Gasteiger partial charge in [0, 0.05) is 0 Å². The fourth-order valence-electron chi connectivity index (χ4n) is 2.17. The molecule has 23 heavy (non-hydrogen) atoms. The smallest absolute Gasteiger partial charge is 0.118 e. The van der Waals surface area contributed by atoms with Crippen molar-refractivity contribution in [1.82, 2.24) is 0 Å². The van der Waals surface area contributed by atoms with Crippen LogP contribution in [0, 0.1) is 0 Å². The van der Waals surface area contributed by atoms with E-state index >= 15 is 0 Å². The molecule has 0 aliphatic carbocycles. The standard InChI is InChI=1S/C19H24O4/c1-15(22-13-17-8-10-18(21-2)11-9-17)19(12-20)23-14-16-6-4-3-5-7-16/h3-11,15,19-20H,12-14H2,1-2H3/t15-,19+/m0/s1. The van der Waals surface area contributed by atoms with Crippen LogP contribution in [0.1, 0.15) is 18.1 Å². The molecule has 0 aliphatic heterocycles. The molecule has 0 aromatic heterocycles. The Balaban J connectivity index is 1.80. The summed E-state index contributed by atoms with van der Waals surface area (Å²) in [6.45, 7) is 2.77. The van der Waals surface area contributed by atoms with E-state index in [2.05, 4.69) is 0 Å². The van der Waals surface area contributed by atoms with Crippen molar-refractivity contribution < 1.29 is 19.3 Å². The second kappa shape index (κ2) is 9.30. The van der Waals surface area contributed by atoms with Gasteiger partial charge in [-0.05, 0) is 30.2 Å². The third kappa shape index (κ3) is 5.67. The maximum atomic E-state index is 9.52. The average Bonchev–Trinajstić information content (AvgIpc) is 2.61. The lowest BCUT2D eigenvalue weighted by molar-refractivity contribution is -0.0961. The zero-order valence-electron chi connectivity index (χ0n) is 13.6. The van der Waals surface area contributed by atoms with Gasteiger partial charge in [-0.1, -0.05) is 42.5 Å². The van der Waals surface area contributed by atoms with Gasteiger partial charge in [-0.2, -0.15) is 0 Å². The Morgan fingerprint density at radius 1 is 0.870 bits per heavy atom. The minimum atomic E-state index is -0.353. The molecule has 0 bridgehead atoms. The minimum Gasteiger partial charge on any atom is -0.497 e. The van der Waals surface area contributed by atoms with Crippen LogP contribution in [-0.4, -0.2) is 31.0 Å². The van der Waals surface area contributed by atoms with Crippen molar-refractivity contribution in [3.05, 3.63) is 65.7 Å². The Labute approximate surface area is 137 Å². The second-order valence-corrected chi connectivity index (χ2v) is 5.38. The largest absolute Gasteiger partial charge is 0.497 e. The van der Waals surface area contributed by atoms with Crippen LogP contribution in [0.4, 0.5) is 0 Å². The molecule has 2 rings (SSSR count). The number of ether oxygens (including phenoxy) is 3. The Hall–Kier alpha value is -1.88. The number of benzene rings is 2. The van der Waals surface area contributed by atoms with Crippen LogP contribution in [0.5, 0.6) is 5.75 Å². The number of aliphatic hydroxyl groups excluding tert-OH is 1. The van der Waals surface area contributed by atoms with Crippen molar-refractivity contribution in [3.8, 4) is 5.75 Å². The van der Waals surface area contributed by atoms with Crippen molar-refractivity contribution >= 4 is 0 Å². The van der Waals surface area contributed by atoms with Crippen LogP contribution >= 0.6 is 0 Å². The maximum Gasteiger partial charge on any atom is 0.118 e. The molecule has 0 amide bonds. The van der Waals surface area contributed by atoms with Gasteiger partial charge >= 0.3 is 0 Å². The lowest BCUT2D eigenvalue weighted by atomic mass is 10.2. The molecule has 124 valence electrons. The lowest BCUT2D eigenvalue weighted by Gasteiger charge is -2.23. The maximum absolute atomic E-state index is 9.52. The van der Waals surface area contributed by atoms with E-state index in [4.69, 9.17) is 14.2 Å². The summed E-state index contributed by atoms with van der Waals surface area (Å²) in [7, 11) is 1.64. The van der Waals surface area contributed by atoms with Crippen LogP contribution < -0.4 is 4.74 Å². The normalized spacial score (nSPS) is 13.5. The van der Waals surface area contributed by atoms with E-state index in [-0.39, 0.29) is 18.8 Å². The summed E-state index contributed by atoms with van der Waals surface area (Å²) in [6.07, 6.45) is -0.556. The number of methoxy groups -OCH3 is 1. The molecule has 4 heteroatoms. The summed E-state index contributed by atoms with van der Waals surface area (Å²) in [4.78, 5) is 0. The van der Waals surface area contributed by atoms with Gasteiger partial charge in [0.15, 0.2) is 0 Å². The monoisotopic (exact) mass is 316 g/mol. The third-order valence-electron chi connectivity index (χ3n) is 3.68. The molecule has 0 spiro atoms. The molecular formula is C19H24O4. The molecule has 0 fully saturated rings. The highest BCUT2D eigenvalue weighted by molar-refractivity contribution is 5.26. The van der Waals surface area contributed by atoms with Crippen molar-refractivity contribution in [2.75, 3.05) is 13.7 Å². The van der Waals surface area contributed by atoms with E-state index in [0.29, 0.717) is 13.2 Å². The van der Waals surface area contributed by atoms with Gasteiger partial charge < -0.3 is 19.3 Å². The molecule has 2 aromatic rings. The number of rotatable bonds is 9. The quantitative estimate of drug-likeness (QED) is 0.772. The Morgan fingerprint density at radius 2 is 1.48 bits per heavy atom. The molecule has 1 N–H and O–H groups in total. The van der Waals surface area contributed by atoms with Gasteiger partial charge in [-0.15, -0.1) is 0 Å². The van der Waals surface area contributed by atoms with Crippen molar-refractivity contribution in [2.24, 2.45) is 0 Å². The van der Waals surface area contributed by atoms with E-state index in [9.17, 15) is 5.11 Å². The average molecular weight is 316 g/mol. The first-order valence-corrected chi connectivity index (χ1v) is 7.74. The van der Waals surface area contributed by atoms with Gasteiger partial charge in [-0.25, -0.2) is 0 Å². The molecule has 0 unspecified atom stereocenters. The first-order valence-electron chi connectivity index (χ1n) is 7.74. The molecular weight excluding hydrogens is 292 g/mol. The summed E-state index contributed by atoms with van der Waals surface area (Å²) >= 11 is 0. The Kier molecular flexibility index (Phi) is 7.07. The molecule has 2 aromatic carbocycles. The highest BCUT2D eigenvalue weighted by Crippen LogP contribution is 2.14. The highest BCUT2D eigenvalue weighted by atomic mass is 16.5. The van der Waals surface area contributed by atoms with Gasteiger partial charge in [0.05, 0.1) is 33.0 Å². The first-order chi connectivity index (χ1) is 11.2. The molecule has 0 saturated carbocycles. The molecule has 0 aliphatic rings. The van der Waals surface area contributed by atoms with Crippen molar-refractivity contribution in [2.45, 2.75) is 32.3 Å².